The van der Waals surface area contributed by atoms with Crippen LogP contribution in [-0.4, -0.2) is 6.21 Å². The lowest BCUT2D eigenvalue weighted by molar-refractivity contribution is 1.43. The Labute approximate surface area is 131 Å². The molecule has 0 aliphatic rings. The molecule has 0 atom stereocenters. The lowest BCUT2D eigenvalue weighted by Crippen LogP contribution is -1.96. The van der Waals surface area contributed by atoms with Crippen molar-refractivity contribution in [1.82, 2.24) is 0 Å². The van der Waals surface area contributed by atoms with E-state index < -0.39 is 0 Å². The van der Waals surface area contributed by atoms with Crippen LogP contribution in [0.1, 0.15) is 11.1 Å². The van der Waals surface area contributed by atoms with Crippen molar-refractivity contribution in [3.05, 3.63) is 90.0 Å². The van der Waals surface area contributed by atoms with Crippen molar-refractivity contribution in [3.8, 4) is 0 Å². The molecular formula is C20H18N2. The SMILES string of the molecule is Cc1ccccc1Nc1ccccc1C=Nc1ccccc1. The Morgan fingerprint density at radius 2 is 1.36 bits per heavy atom. The van der Waals surface area contributed by atoms with Gasteiger partial charge in [0.1, 0.15) is 0 Å². The Morgan fingerprint density at radius 1 is 0.727 bits per heavy atom. The highest BCUT2D eigenvalue weighted by Gasteiger charge is 2.02. The van der Waals surface area contributed by atoms with Gasteiger partial charge in [-0.15, -0.1) is 0 Å². The molecule has 0 saturated carbocycles. The van der Waals surface area contributed by atoms with E-state index in [0.29, 0.717) is 0 Å². The molecule has 0 bridgehead atoms. The molecule has 3 aromatic rings. The average Bonchev–Trinajstić information content (AvgIpc) is 2.57. The van der Waals surface area contributed by atoms with Crippen LogP contribution in [0.25, 0.3) is 0 Å². The highest BCUT2D eigenvalue weighted by Crippen LogP contribution is 2.23. The van der Waals surface area contributed by atoms with Crippen molar-refractivity contribution < 1.29 is 0 Å². The van der Waals surface area contributed by atoms with E-state index in [-0.39, 0.29) is 0 Å². The van der Waals surface area contributed by atoms with Crippen LogP contribution in [0.3, 0.4) is 0 Å². The molecule has 22 heavy (non-hydrogen) atoms. The summed E-state index contributed by atoms with van der Waals surface area (Å²) in [6.07, 6.45) is 1.90. The van der Waals surface area contributed by atoms with Crippen LogP contribution in [0.4, 0.5) is 17.1 Å². The Balaban J connectivity index is 1.87. The van der Waals surface area contributed by atoms with Crippen LogP contribution >= 0.6 is 0 Å². The summed E-state index contributed by atoms with van der Waals surface area (Å²) in [6.45, 7) is 2.10. The first-order valence-corrected chi connectivity index (χ1v) is 7.34. The van der Waals surface area contributed by atoms with Crippen molar-refractivity contribution in [2.24, 2.45) is 4.99 Å². The van der Waals surface area contributed by atoms with Gasteiger partial charge in [0.25, 0.3) is 0 Å². The zero-order chi connectivity index (χ0) is 15.2. The first-order valence-electron chi connectivity index (χ1n) is 7.34. The third-order valence-corrected chi connectivity index (χ3v) is 3.48. The number of anilines is 2. The van der Waals surface area contributed by atoms with Gasteiger partial charge in [0.15, 0.2) is 0 Å². The normalized spacial score (nSPS) is 10.8. The number of nitrogens with one attached hydrogen (secondary N) is 1. The summed E-state index contributed by atoms with van der Waals surface area (Å²) in [6, 6.07) is 26.4. The molecule has 0 radical (unpaired) electrons. The number of hydrogen-bond acceptors (Lipinski definition) is 2. The van der Waals surface area contributed by atoms with Crippen LogP contribution < -0.4 is 5.32 Å². The van der Waals surface area contributed by atoms with Gasteiger partial charge in [0, 0.05) is 23.2 Å². The van der Waals surface area contributed by atoms with E-state index in [1.54, 1.807) is 0 Å². The van der Waals surface area contributed by atoms with Gasteiger partial charge in [-0.05, 0) is 36.8 Å². The van der Waals surface area contributed by atoms with Gasteiger partial charge in [-0.25, -0.2) is 0 Å². The molecule has 0 fully saturated rings. The minimum atomic E-state index is 0.952. The lowest BCUT2D eigenvalue weighted by Gasteiger charge is -2.11. The molecule has 0 unspecified atom stereocenters. The van der Waals surface area contributed by atoms with E-state index in [1.807, 2.05) is 60.8 Å². The number of nitrogens with zero attached hydrogens (tertiary/aromatic N) is 1. The van der Waals surface area contributed by atoms with E-state index >= 15 is 0 Å². The zero-order valence-corrected chi connectivity index (χ0v) is 12.5. The highest BCUT2D eigenvalue weighted by molar-refractivity contribution is 5.90. The average molecular weight is 286 g/mol. The molecule has 0 heterocycles. The lowest BCUT2D eigenvalue weighted by atomic mass is 10.1. The molecule has 0 spiro atoms. The minimum absolute atomic E-state index is 0.952. The van der Waals surface area contributed by atoms with Crippen molar-refractivity contribution in [2.45, 2.75) is 6.92 Å². The van der Waals surface area contributed by atoms with Gasteiger partial charge >= 0.3 is 0 Å². The van der Waals surface area contributed by atoms with Gasteiger partial charge in [0.05, 0.1) is 5.69 Å². The first kappa shape index (κ1) is 14.1. The maximum atomic E-state index is 4.54. The van der Waals surface area contributed by atoms with Crippen molar-refractivity contribution in [2.75, 3.05) is 5.32 Å². The second-order valence-corrected chi connectivity index (χ2v) is 5.12. The van der Waals surface area contributed by atoms with Crippen LogP contribution in [0, 0.1) is 6.92 Å². The second-order valence-electron chi connectivity index (χ2n) is 5.12. The highest BCUT2D eigenvalue weighted by atomic mass is 14.9. The molecule has 108 valence electrons. The van der Waals surface area contributed by atoms with Gasteiger partial charge in [-0.1, -0.05) is 54.6 Å². The summed E-state index contributed by atoms with van der Waals surface area (Å²) >= 11 is 0. The van der Waals surface area contributed by atoms with Gasteiger partial charge in [-0.3, -0.25) is 4.99 Å². The summed E-state index contributed by atoms with van der Waals surface area (Å²) in [7, 11) is 0. The Hall–Kier alpha value is -2.87. The summed E-state index contributed by atoms with van der Waals surface area (Å²) in [5.74, 6) is 0. The van der Waals surface area contributed by atoms with Crippen LogP contribution in [0.15, 0.2) is 83.9 Å². The molecule has 0 aromatic heterocycles. The van der Waals surface area contributed by atoms with Gasteiger partial charge < -0.3 is 5.32 Å². The number of hydrogen-bond donors (Lipinski definition) is 1. The van der Waals surface area contributed by atoms with Crippen LogP contribution in [-0.2, 0) is 0 Å². The molecule has 2 nitrogen and oxygen atoms in total. The smallest absolute Gasteiger partial charge is 0.0629 e. The van der Waals surface area contributed by atoms with Crippen molar-refractivity contribution >= 4 is 23.3 Å². The molecule has 1 N–H and O–H groups in total. The molecule has 0 saturated heterocycles. The third-order valence-electron chi connectivity index (χ3n) is 3.48. The van der Waals surface area contributed by atoms with E-state index in [9.17, 15) is 0 Å². The molecule has 3 aromatic carbocycles. The Morgan fingerprint density at radius 3 is 2.14 bits per heavy atom. The Kier molecular flexibility index (Phi) is 4.30. The Bertz CT molecular complexity index is 776. The number of aliphatic imine (C=N–C) groups is 1. The molecule has 3 rings (SSSR count). The largest absolute Gasteiger partial charge is 0.355 e. The number of para-hydroxylation sites is 3. The predicted octanol–water partition coefficient (Wildman–Crippen LogP) is 5.49. The molecule has 0 amide bonds. The van der Waals surface area contributed by atoms with Crippen LogP contribution in [0.5, 0.6) is 0 Å². The zero-order valence-electron chi connectivity index (χ0n) is 12.5. The van der Waals surface area contributed by atoms with E-state index in [4.69, 9.17) is 0 Å². The fourth-order valence-corrected chi connectivity index (χ4v) is 2.24. The fraction of sp³-hybridized carbons (Fsp3) is 0.0500. The van der Waals surface area contributed by atoms with Crippen molar-refractivity contribution in [1.29, 1.82) is 0 Å². The predicted molar refractivity (Wildman–Crippen MR) is 94.6 cm³/mol. The molecule has 2 heteroatoms. The van der Waals surface area contributed by atoms with E-state index in [0.717, 1.165) is 22.6 Å². The molecule has 0 aliphatic heterocycles. The maximum Gasteiger partial charge on any atom is 0.0629 e. The summed E-state index contributed by atoms with van der Waals surface area (Å²) in [5.41, 5.74) is 5.40. The summed E-state index contributed by atoms with van der Waals surface area (Å²) < 4.78 is 0. The van der Waals surface area contributed by atoms with Gasteiger partial charge in [-0.2, -0.15) is 0 Å². The van der Waals surface area contributed by atoms with E-state index in [2.05, 4.69) is 41.5 Å². The quantitative estimate of drug-likeness (QED) is 0.630. The minimum Gasteiger partial charge on any atom is -0.355 e. The van der Waals surface area contributed by atoms with E-state index in [1.165, 1.54) is 5.56 Å². The number of rotatable bonds is 4. The fourth-order valence-electron chi connectivity index (χ4n) is 2.24. The second kappa shape index (κ2) is 6.72. The standard InChI is InChI=1S/C20H18N2/c1-16-9-5-7-13-19(16)22-20-14-8-6-10-17(20)15-21-18-11-3-2-4-12-18/h2-15,22H,1H3. The summed E-state index contributed by atoms with van der Waals surface area (Å²) in [5, 5.41) is 3.49. The first-order chi connectivity index (χ1) is 10.8. The number of aryl methyl sites for hydroxylation is 1. The molecular weight excluding hydrogens is 268 g/mol. The molecule has 0 aliphatic carbocycles. The summed E-state index contributed by atoms with van der Waals surface area (Å²) in [4.78, 5) is 4.54. The number of benzene rings is 3. The monoisotopic (exact) mass is 286 g/mol. The topological polar surface area (TPSA) is 24.4 Å². The van der Waals surface area contributed by atoms with Crippen molar-refractivity contribution in [3.63, 3.8) is 0 Å². The van der Waals surface area contributed by atoms with Crippen LogP contribution in [0.2, 0.25) is 0 Å². The maximum absolute atomic E-state index is 4.54. The third kappa shape index (κ3) is 3.41. The van der Waals surface area contributed by atoms with Gasteiger partial charge in [0.2, 0.25) is 0 Å².